The Kier molecular flexibility index (Phi) is 5.63. The SMILES string of the molecule is O=c1[nH][nH]c(-c2ccc(N3CCOCC3)cc2)c1N=Nc1cccc(-c2ccccc2)c1. The summed E-state index contributed by atoms with van der Waals surface area (Å²) in [6.07, 6.45) is 0. The first kappa shape index (κ1) is 20.0. The van der Waals surface area contributed by atoms with Crippen LogP contribution in [0.25, 0.3) is 22.4 Å². The molecule has 0 unspecified atom stereocenters. The molecule has 7 nitrogen and oxygen atoms in total. The van der Waals surface area contributed by atoms with Crippen LogP contribution in [-0.2, 0) is 4.74 Å². The summed E-state index contributed by atoms with van der Waals surface area (Å²) in [5, 5.41) is 14.2. The Balaban J connectivity index is 1.40. The summed E-state index contributed by atoms with van der Waals surface area (Å²) in [6, 6.07) is 25.9. The van der Waals surface area contributed by atoms with Gasteiger partial charge < -0.3 is 9.64 Å². The number of nitrogens with zero attached hydrogens (tertiary/aromatic N) is 3. The van der Waals surface area contributed by atoms with Crippen LogP contribution in [0.5, 0.6) is 0 Å². The smallest absolute Gasteiger partial charge is 0.292 e. The predicted molar refractivity (Wildman–Crippen MR) is 126 cm³/mol. The number of H-pyrrole nitrogens is 2. The lowest BCUT2D eigenvalue weighted by Crippen LogP contribution is -2.36. The first-order chi connectivity index (χ1) is 15.8. The number of azo groups is 1. The first-order valence-electron chi connectivity index (χ1n) is 10.6. The predicted octanol–water partition coefficient (Wildman–Crippen LogP) is 5.29. The Bertz CT molecular complexity index is 1270. The molecule has 0 bridgehead atoms. The lowest BCUT2D eigenvalue weighted by molar-refractivity contribution is 0.122. The van der Waals surface area contributed by atoms with Gasteiger partial charge >= 0.3 is 0 Å². The van der Waals surface area contributed by atoms with Crippen molar-refractivity contribution < 1.29 is 4.74 Å². The van der Waals surface area contributed by atoms with Crippen molar-refractivity contribution in [3.8, 4) is 22.4 Å². The lowest BCUT2D eigenvalue weighted by atomic mass is 10.1. The van der Waals surface area contributed by atoms with E-state index in [0.29, 0.717) is 11.4 Å². The van der Waals surface area contributed by atoms with Gasteiger partial charge in [-0.2, -0.15) is 5.11 Å². The molecule has 1 aliphatic heterocycles. The van der Waals surface area contributed by atoms with Gasteiger partial charge in [0.15, 0.2) is 5.69 Å². The highest BCUT2D eigenvalue weighted by molar-refractivity contribution is 5.73. The molecule has 0 radical (unpaired) electrons. The Hall–Kier alpha value is -3.97. The molecule has 5 rings (SSSR count). The summed E-state index contributed by atoms with van der Waals surface area (Å²) in [4.78, 5) is 14.7. The first-order valence-corrected chi connectivity index (χ1v) is 10.6. The third-order valence-corrected chi connectivity index (χ3v) is 5.50. The molecule has 1 saturated heterocycles. The number of ether oxygens (including phenoxy) is 1. The van der Waals surface area contributed by atoms with Crippen LogP contribution in [0, 0.1) is 0 Å². The van der Waals surface area contributed by atoms with E-state index in [1.807, 2.05) is 66.7 Å². The van der Waals surface area contributed by atoms with Crippen molar-refractivity contribution in [1.82, 2.24) is 10.2 Å². The monoisotopic (exact) mass is 425 g/mol. The normalized spacial score (nSPS) is 14.2. The van der Waals surface area contributed by atoms with Crippen LogP contribution < -0.4 is 10.5 Å². The second-order valence-electron chi connectivity index (χ2n) is 7.57. The summed E-state index contributed by atoms with van der Waals surface area (Å²) in [7, 11) is 0. The number of nitrogens with one attached hydrogen (secondary N) is 2. The van der Waals surface area contributed by atoms with Crippen molar-refractivity contribution in [2.45, 2.75) is 0 Å². The average molecular weight is 425 g/mol. The molecule has 0 amide bonds. The molecular formula is C25H23N5O2. The van der Waals surface area contributed by atoms with Gasteiger partial charge in [0.05, 0.1) is 24.6 Å². The van der Waals surface area contributed by atoms with Gasteiger partial charge in [-0.3, -0.25) is 15.0 Å². The van der Waals surface area contributed by atoms with Gasteiger partial charge in [-0.05, 0) is 35.4 Å². The number of aromatic nitrogens is 2. The Morgan fingerprint density at radius 2 is 1.50 bits per heavy atom. The van der Waals surface area contributed by atoms with Crippen LogP contribution in [-0.4, -0.2) is 36.5 Å². The van der Waals surface area contributed by atoms with Crippen LogP contribution >= 0.6 is 0 Å². The van der Waals surface area contributed by atoms with E-state index in [2.05, 4.69) is 37.5 Å². The van der Waals surface area contributed by atoms with E-state index in [4.69, 9.17) is 4.74 Å². The molecular weight excluding hydrogens is 402 g/mol. The van der Waals surface area contributed by atoms with Crippen LogP contribution in [0.2, 0.25) is 0 Å². The molecule has 7 heteroatoms. The molecule has 2 N–H and O–H groups in total. The maximum atomic E-state index is 12.4. The van der Waals surface area contributed by atoms with Crippen LogP contribution in [0.4, 0.5) is 17.1 Å². The van der Waals surface area contributed by atoms with E-state index in [9.17, 15) is 4.79 Å². The zero-order chi connectivity index (χ0) is 21.8. The minimum atomic E-state index is -0.305. The fraction of sp³-hybridized carbons (Fsp3) is 0.160. The summed E-state index contributed by atoms with van der Waals surface area (Å²) >= 11 is 0. The number of rotatable bonds is 5. The van der Waals surface area contributed by atoms with Crippen LogP contribution in [0.3, 0.4) is 0 Å². The zero-order valence-corrected chi connectivity index (χ0v) is 17.5. The molecule has 32 heavy (non-hydrogen) atoms. The minimum absolute atomic E-state index is 0.259. The lowest BCUT2D eigenvalue weighted by Gasteiger charge is -2.28. The topological polar surface area (TPSA) is 85.8 Å². The van der Waals surface area contributed by atoms with Crippen LogP contribution in [0.1, 0.15) is 0 Å². The quantitative estimate of drug-likeness (QED) is 0.426. The molecule has 2 heterocycles. The maximum Gasteiger partial charge on any atom is 0.292 e. The summed E-state index contributed by atoms with van der Waals surface area (Å²) < 4.78 is 5.42. The summed E-state index contributed by atoms with van der Waals surface area (Å²) in [5.41, 5.74) is 5.40. The minimum Gasteiger partial charge on any atom is -0.378 e. The van der Waals surface area contributed by atoms with E-state index >= 15 is 0 Å². The molecule has 160 valence electrons. The number of hydrogen-bond donors (Lipinski definition) is 2. The van der Waals surface area contributed by atoms with Crippen molar-refractivity contribution in [2.75, 3.05) is 31.2 Å². The number of benzene rings is 3. The van der Waals surface area contributed by atoms with Gasteiger partial charge in [0, 0.05) is 24.3 Å². The highest BCUT2D eigenvalue weighted by Gasteiger charge is 2.14. The van der Waals surface area contributed by atoms with Crippen molar-refractivity contribution in [2.24, 2.45) is 10.2 Å². The molecule has 0 saturated carbocycles. The maximum absolute atomic E-state index is 12.4. The second-order valence-corrected chi connectivity index (χ2v) is 7.57. The summed E-state index contributed by atoms with van der Waals surface area (Å²) in [5.74, 6) is 0. The Morgan fingerprint density at radius 1 is 0.750 bits per heavy atom. The van der Waals surface area contributed by atoms with E-state index in [0.717, 1.165) is 48.7 Å². The van der Waals surface area contributed by atoms with Gasteiger partial charge in [-0.25, -0.2) is 0 Å². The molecule has 0 spiro atoms. The number of morpholine rings is 1. The van der Waals surface area contributed by atoms with Crippen molar-refractivity contribution in [3.05, 3.63) is 89.2 Å². The largest absolute Gasteiger partial charge is 0.378 e. The van der Waals surface area contributed by atoms with Gasteiger partial charge in [-0.15, -0.1) is 5.11 Å². The molecule has 1 fully saturated rings. The number of hydrogen-bond acceptors (Lipinski definition) is 5. The van der Waals surface area contributed by atoms with Gasteiger partial charge in [-0.1, -0.05) is 54.6 Å². The molecule has 4 aromatic rings. The second kappa shape index (κ2) is 9.03. The van der Waals surface area contributed by atoms with Gasteiger partial charge in [0.1, 0.15) is 0 Å². The van der Waals surface area contributed by atoms with Crippen molar-refractivity contribution >= 4 is 17.1 Å². The molecule has 0 aliphatic carbocycles. The zero-order valence-electron chi connectivity index (χ0n) is 17.5. The van der Waals surface area contributed by atoms with Crippen LogP contribution in [0.15, 0.2) is 93.9 Å². The van der Waals surface area contributed by atoms with Gasteiger partial charge in [0.25, 0.3) is 5.56 Å². The molecule has 0 atom stereocenters. The Morgan fingerprint density at radius 3 is 2.28 bits per heavy atom. The fourth-order valence-electron chi connectivity index (χ4n) is 3.80. The Labute approximate surface area is 185 Å². The van der Waals surface area contributed by atoms with E-state index in [1.54, 1.807) is 0 Å². The van der Waals surface area contributed by atoms with Crippen molar-refractivity contribution in [1.29, 1.82) is 0 Å². The average Bonchev–Trinajstić information content (AvgIpc) is 3.24. The molecule has 1 aliphatic rings. The number of aromatic amines is 2. The standard InChI is InChI=1S/C25H23N5O2/c31-25-24(28-26-21-8-4-7-20(17-21)18-5-2-1-3-6-18)23(27-29-25)19-9-11-22(12-10-19)30-13-15-32-16-14-30/h1-12,17H,13-16H2,(H2,27,29,31). The summed E-state index contributed by atoms with van der Waals surface area (Å²) in [6.45, 7) is 3.23. The van der Waals surface area contributed by atoms with Crippen molar-refractivity contribution in [3.63, 3.8) is 0 Å². The highest BCUT2D eigenvalue weighted by Crippen LogP contribution is 2.30. The highest BCUT2D eigenvalue weighted by atomic mass is 16.5. The van der Waals surface area contributed by atoms with E-state index < -0.39 is 0 Å². The van der Waals surface area contributed by atoms with E-state index in [-0.39, 0.29) is 11.2 Å². The fourth-order valence-corrected chi connectivity index (χ4v) is 3.80. The number of anilines is 1. The molecule has 1 aromatic heterocycles. The van der Waals surface area contributed by atoms with Gasteiger partial charge in [0.2, 0.25) is 0 Å². The van der Waals surface area contributed by atoms with E-state index in [1.165, 1.54) is 0 Å². The third-order valence-electron chi connectivity index (χ3n) is 5.50. The third kappa shape index (κ3) is 4.24. The molecule has 3 aromatic carbocycles.